The summed E-state index contributed by atoms with van der Waals surface area (Å²) in [7, 11) is 3.37. The van der Waals surface area contributed by atoms with E-state index in [1.807, 2.05) is 19.1 Å². The number of hydrogen-bond acceptors (Lipinski definition) is 4. The van der Waals surface area contributed by atoms with Crippen LogP contribution in [0.4, 0.5) is 0 Å². The Labute approximate surface area is 122 Å². The minimum atomic E-state index is 0.105. The molecular weight excluding hydrogens is 254 g/mol. The van der Waals surface area contributed by atoms with Gasteiger partial charge in [-0.3, -0.25) is 0 Å². The van der Waals surface area contributed by atoms with Crippen LogP contribution in [0, 0.1) is 0 Å². The third-order valence-electron chi connectivity index (χ3n) is 3.04. The SMILES string of the molecule is CCCNCc1ccc(OC(C)CCOC)c(OC)c1. The molecule has 0 amide bonds. The number of hydrogen-bond donors (Lipinski definition) is 1. The predicted molar refractivity (Wildman–Crippen MR) is 81.6 cm³/mol. The lowest BCUT2D eigenvalue weighted by Crippen LogP contribution is -2.15. The zero-order valence-corrected chi connectivity index (χ0v) is 13.1. The summed E-state index contributed by atoms with van der Waals surface area (Å²) in [6.45, 7) is 6.77. The molecule has 1 aromatic carbocycles. The first-order chi connectivity index (χ1) is 9.71. The first-order valence-corrected chi connectivity index (χ1v) is 7.24. The van der Waals surface area contributed by atoms with Gasteiger partial charge in [0.15, 0.2) is 11.5 Å². The summed E-state index contributed by atoms with van der Waals surface area (Å²) in [4.78, 5) is 0. The van der Waals surface area contributed by atoms with Crippen LogP contribution in [0.2, 0.25) is 0 Å². The molecular formula is C16H27NO3. The minimum absolute atomic E-state index is 0.105. The van der Waals surface area contributed by atoms with Gasteiger partial charge in [-0.15, -0.1) is 0 Å². The number of benzene rings is 1. The predicted octanol–water partition coefficient (Wildman–Crippen LogP) is 3.00. The molecule has 1 aromatic rings. The number of ether oxygens (including phenoxy) is 3. The molecule has 0 saturated heterocycles. The van der Waals surface area contributed by atoms with E-state index in [2.05, 4.69) is 18.3 Å². The Morgan fingerprint density at radius 2 is 2.00 bits per heavy atom. The van der Waals surface area contributed by atoms with E-state index >= 15 is 0 Å². The molecule has 0 saturated carbocycles. The molecule has 114 valence electrons. The van der Waals surface area contributed by atoms with Crippen LogP contribution in [0.5, 0.6) is 11.5 Å². The van der Waals surface area contributed by atoms with Crippen LogP contribution in [0.25, 0.3) is 0 Å². The maximum atomic E-state index is 5.89. The van der Waals surface area contributed by atoms with Crippen LogP contribution >= 0.6 is 0 Å². The van der Waals surface area contributed by atoms with E-state index in [1.54, 1.807) is 14.2 Å². The van der Waals surface area contributed by atoms with Gasteiger partial charge < -0.3 is 19.5 Å². The molecule has 1 rings (SSSR count). The van der Waals surface area contributed by atoms with Crippen molar-refractivity contribution in [3.63, 3.8) is 0 Å². The number of nitrogens with one attached hydrogen (secondary N) is 1. The highest BCUT2D eigenvalue weighted by Crippen LogP contribution is 2.29. The first kappa shape index (κ1) is 16.8. The summed E-state index contributed by atoms with van der Waals surface area (Å²) in [5, 5.41) is 3.38. The first-order valence-electron chi connectivity index (χ1n) is 7.24. The highest BCUT2D eigenvalue weighted by atomic mass is 16.5. The lowest BCUT2D eigenvalue weighted by molar-refractivity contribution is 0.132. The highest BCUT2D eigenvalue weighted by molar-refractivity contribution is 5.43. The second-order valence-corrected chi connectivity index (χ2v) is 4.87. The molecule has 0 radical (unpaired) electrons. The van der Waals surface area contributed by atoms with Crippen molar-refractivity contribution in [3.05, 3.63) is 23.8 Å². The van der Waals surface area contributed by atoms with Crippen molar-refractivity contribution in [2.45, 2.75) is 39.3 Å². The van der Waals surface area contributed by atoms with Gasteiger partial charge in [-0.05, 0) is 37.6 Å². The minimum Gasteiger partial charge on any atom is -0.493 e. The van der Waals surface area contributed by atoms with Crippen LogP contribution in [0.1, 0.15) is 32.3 Å². The van der Waals surface area contributed by atoms with E-state index in [-0.39, 0.29) is 6.10 Å². The molecule has 1 atom stereocenters. The van der Waals surface area contributed by atoms with Gasteiger partial charge >= 0.3 is 0 Å². The molecule has 0 heterocycles. The standard InChI is InChI=1S/C16H27NO3/c1-5-9-17-12-14-6-7-15(16(11-14)19-4)20-13(2)8-10-18-3/h6-7,11,13,17H,5,8-10,12H2,1-4H3. The van der Waals surface area contributed by atoms with E-state index in [0.717, 1.165) is 37.4 Å². The van der Waals surface area contributed by atoms with Gasteiger partial charge in [0.25, 0.3) is 0 Å². The molecule has 0 aliphatic rings. The molecule has 1 unspecified atom stereocenters. The molecule has 4 heteroatoms. The third kappa shape index (κ3) is 5.80. The lowest BCUT2D eigenvalue weighted by Gasteiger charge is -2.17. The second-order valence-electron chi connectivity index (χ2n) is 4.87. The van der Waals surface area contributed by atoms with E-state index in [1.165, 1.54) is 5.56 Å². The molecule has 0 aliphatic carbocycles. The molecule has 0 spiro atoms. The van der Waals surface area contributed by atoms with Gasteiger partial charge in [0.05, 0.1) is 13.2 Å². The third-order valence-corrected chi connectivity index (χ3v) is 3.04. The second kappa shape index (κ2) is 9.61. The summed E-state index contributed by atoms with van der Waals surface area (Å²) < 4.78 is 16.4. The van der Waals surface area contributed by atoms with Crippen LogP contribution in [-0.4, -0.2) is 33.5 Å². The Balaban J connectivity index is 2.62. The average Bonchev–Trinajstić information content (AvgIpc) is 2.46. The molecule has 0 aliphatic heterocycles. The van der Waals surface area contributed by atoms with E-state index in [4.69, 9.17) is 14.2 Å². The zero-order valence-electron chi connectivity index (χ0n) is 13.1. The number of methoxy groups -OCH3 is 2. The Bertz CT molecular complexity index is 382. The summed E-state index contributed by atoms with van der Waals surface area (Å²) >= 11 is 0. The van der Waals surface area contributed by atoms with E-state index in [9.17, 15) is 0 Å². The van der Waals surface area contributed by atoms with Crippen molar-refractivity contribution < 1.29 is 14.2 Å². The maximum absolute atomic E-state index is 5.89. The lowest BCUT2D eigenvalue weighted by atomic mass is 10.2. The quantitative estimate of drug-likeness (QED) is 0.669. The van der Waals surface area contributed by atoms with Crippen molar-refractivity contribution >= 4 is 0 Å². The van der Waals surface area contributed by atoms with Gasteiger partial charge in [0.2, 0.25) is 0 Å². The van der Waals surface area contributed by atoms with E-state index < -0.39 is 0 Å². The summed E-state index contributed by atoms with van der Waals surface area (Å²) in [5.74, 6) is 1.57. The molecule has 4 nitrogen and oxygen atoms in total. The summed E-state index contributed by atoms with van der Waals surface area (Å²) in [6.07, 6.45) is 2.10. The average molecular weight is 281 g/mol. The Hall–Kier alpha value is -1.26. The van der Waals surface area contributed by atoms with Gasteiger partial charge in [-0.25, -0.2) is 0 Å². The van der Waals surface area contributed by atoms with E-state index in [0.29, 0.717) is 6.61 Å². The van der Waals surface area contributed by atoms with Gasteiger partial charge in [-0.2, -0.15) is 0 Å². The monoisotopic (exact) mass is 281 g/mol. The molecule has 1 N–H and O–H groups in total. The molecule has 20 heavy (non-hydrogen) atoms. The van der Waals surface area contributed by atoms with Crippen molar-refractivity contribution in [1.82, 2.24) is 5.32 Å². The molecule has 0 bridgehead atoms. The van der Waals surface area contributed by atoms with Crippen LogP contribution in [-0.2, 0) is 11.3 Å². The smallest absolute Gasteiger partial charge is 0.161 e. The maximum Gasteiger partial charge on any atom is 0.161 e. The fourth-order valence-corrected chi connectivity index (χ4v) is 1.89. The fourth-order valence-electron chi connectivity index (χ4n) is 1.89. The van der Waals surface area contributed by atoms with Crippen molar-refractivity contribution in [2.24, 2.45) is 0 Å². The van der Waals surface area contributed by atoms with Crippen LogP contribution < -0.4 is 14.8 Å². The molecule has 0 fully saturated rings. The normalized spacial score (nSPS) is 12.2. The summed E-state index contributed by atoms with van der Waals surface area (Å²) in [6, 6.07) is 6.08. The van der Waals surface area contributed by atoms with Crippen LogP contribution in [0.15, 0.2) is 18.2 Å². The zero-order chi connectivity index (χ0) is 14.8. The molecule has 0 aromatic heterocycles. The van der Waals surface area contributed by atoms with Crippen molar-refractivity contribution in [2.75, 3.05) is 27.4 Å². The van der Waals surface area contributed by atoms with Crippen LogP contribution in [0.3, 0.4) is 0 Å². The summed E-state index contributed by atoms with van der Waals surface area (Å²) in [5.41, 5.74) is 1.20. The Morgan fingerprint density at radius 3 is 2.65 bits per heavy atom. The number of rotatable bonds is 10. The van der Waals surface area contributed by atoms with Gasteiger partial charge in [-0.1, -0.05) is 13.0 Å². The Morgan fingerprint density at radius 1 is 1.20 bits per heavy atom. The topological polar surface area (TPSA) is 39.7 Å². The fraction of sp³-hybridized carbons (Fsp3) is 0.625. The Kier molecular flexibility index (Phi) is 8.07. The van der Waals surface area contributed by atoms with Gasteiger partial charge in [0, 0.05) is 26.7 Å². The van der Waals surface area contributed by atoms with Gasteiger partial charge in [0.1, 0.15) is 0 Å². The largest absolute Gasteiger partial charge is 0.493 e. The van der Waals surface area contributed by atoms with Crippen molar-refractivity contribution in [1.29, 1.82) is 0 Å². The van der Waals surface area contributed by atoms with Crippen molar-refractivity contribution in [3.8, 4) is 11.5 Å². The highest BCUT2D eigenvalue weighted by Gasteiger charge is 2.10.